The summed E-state index contributed by atoms with van der Waals surface area (Å²) in [4.78, 5) is 156. The molecule has 0 aromatic heterocycles. The molecule has 9 amide bonds. The number of carbonyl (C=O) groups excluding carboxylic acids is 11. The molecule has 10 aliphatic rings. The molecule has 6 unspecified atom stereocenters. The predicted molar refractivity (Wildman–Crippen MR) is 527 cm³/mol. The van der Waals surface area contributed by atoms with Crippen LogP contribution in [0.3, 0.4) is 0 Å². The number of ether oxygens (including phenoxy) is 3. The first-order valence-corrected chi connectivity index (χ1v) is 47.9. The molecular weight excluding hydrogens is 1790 g/mol. The smallest absolute Gasteiger partial charge is 0.410 e. The van der Waals surface area contributed by atoms with Gasteiger partial charge in [-0.3, -0.25) is 57.7 Å². The van der Waals surface area contributed by atoms with Crippen LogP contribution in [0.1, 0.15) is 154 Å². The fraction of sp³-hybridized carbons (Fsp3) is 0.411. The molecule has 34 nitrogen and oxygen atoms in total. The lowest BCUT2D eigenvalue weighted by Crippen LogP contribution is -2.53. The van der Waals surface area contributed by atoms with Crippen LogP contribution in [0.25, 0.3) is 4.85 Å². The zero-order valence-electron chi connectivity index (χ0n) is 80.1. The number of rotatable bonds is 22. The summed E-state index contributed by atoms with van der Waals surface area (Å²) in [6.45, 7) is 29.3. The Morgan fingerprint density at radius 1 is 0.440 bits per heavy atom. The van der Waals surface area contributed by atoms with Gasteiger partial charge in [-0.2, -0.15) is 15.8 Å². The number of imide groups is 2. The molecule has 10 heterocycles. The van der Waals surface area contributed by atoms with Crippen LogP contribution >= 0.6 is 0 Å². The first-order chi connectivity index (χ1) is 68.0. The highest BCUT2D eigenvalue weighted by atomic mass is 16.6. The van der Waals surface area contributed by atoms with Gasteiger partial charge >= 0.3 is 18.0 Å². The van der Waals surface area contributed by atoms with Crippen LogP contribution in [0.4, 0.5) is 33.2 Å². The Balaban J connectivity index is 0.000000148. The van der Waals surface area contributed by atoms with Gasteiger partial charge in [-0.1, -0.05) is 127 Å². The van der Waals surface area contributed by atoms with E-state index in [2.05, 4.69) is 58.6 Å². The highest BCUT2D eigenvalue weighted by Crippen LogP contribution is 2.37. The van der Waals surface area contributed by atoms with Crippen molar-refractivity contribution in [3.8, 4) is 18.2 Å². The highest BCUT2D eigenvalue weighted by molar-refractivity contribution is 6.22. The van der Waals surface area contributed by atoms with Gasteiger partial charge in [0.15, 0.2) is 12.2 Å². The quantitative estimate of drug-likeness (QED) is 0.0144. The second-order valence-electron chi connectivity index (χ2n) is 37.7. The molecule has 9 N–H and O–H groups in total. The third-order valence-corrected chi connectivity index (χ3v) is 26.6. The second kappa shape index (κ2) is 48.6. The van der Waals surface area contributed by atoms with Crippen LogP contribution in [-0.4, -0.2) is 248 Å². The first kappa shape index (κ1) is 103. The molecule has 0 bridgehead atoms. The monoisotopic (exact) mass is 1910 g/mol. The Morgan fingerprint density at radius 2 is 0.794 bits per heavy atom. The number of benzene rings is 8. The number of hydrogen-bond acceptors (Lipinski definition) is 26. The Morgan fingerprint density at radius 3 is 1.20 bits per heavy atom. The first-order valence-electron chi connectivity index (χ1n) is 47.9. The van der Waals surface area contributed by atoms with Crippen LogP contribution in [-0.2, 0) is 69.2 Å². The number of esters is 2. The van der Waals surface area contributed by atoms with Crippen LogP contribution in [0.15, 0.2) is 194 Å². The van der Waals surface area contributed by atoms with E-state index in [1.165, 1.54) is 19.6 Å². The van der Waals surface area contributed by atoms with Gasteiger partial charge in [0.1, 0.15) is 23.8 Å². The van der Waals surface area contributed by atoms with Gasteiger partial charge in [0.05, 0.1) is 62.6 Å². The molecule has 0 spiro atoms. The van der Waals surface area contributed by atoms with Crippen molar-refractivity contribution in [2.45, 2.75) is 129 Å². The average molecular weight is 1920 g/mol. The van der Waals surface area contributed by atoms with Crippen LogP contribution in [0.2, 0.25) is 0 Å². The minimum Gasteiger partial charge on any atom is -0.448 e. The standard InChI is InChI=1S/C28H30N4O6.C24H26N4O4.C20H17N3O2.C13H14N2O2.C12H15N3.C10H20N2O2/c1-18(33)37-25(26(38-19(2)34)28(36)32-16-21-8-4-5-9-22(21)17-32)27(35)30-14-20-12-13-31(15-20)24-11-7-6-10-23(24)29-3;25-11-17-5-3-4-8-20(17)27-10-9-16(13-27)12-26-23(31)21(29)22(30)24(32)28-14-18-6-1-2-7-19(18)15-28;21-11-15-5-1-4-8-18(15)22-10-9-14(12-22)13-23-19(24)16-6-2-3-7-17(16)20(23)25;16-12-10-3-1-2-4-11(10)13(17)15(12)8-9-5-6-14-7-9;13-7-10-5-6-15(9-10)12-4-2-1-3-11(12)8-14;1-10(2,3)14-9(13)12-5-4-8(6-11)7-12/h4-11,20,25-26H,12-17H2,1-2H3,(H,30,35);1-8,16,21-22,29-30H,9-10,12-15H2,(H,26,31);1-8,14H,9-10,12-13H2;1-4,9,14H,5-8H2;1-4,10H,5-7,9,13H2;8H,4-7,11H2,1-3H3/t20?,25-,26-;16?,21-,22-;;;;/m11..../s1. The minimum atomic E-state index is -1.83. The Hall–Kier alpha value is -14.9. The summed E-state index contributed by atoms with van der Waals surface area (Å²) in [5.41, 5.74) is 23.1. The zero-order chi connectivity index (χ0) is 101. The number of anilines is 4. The molecule has 8 aromatic carbocycles. The SMILES string of the molecule is CC(C)(C)OC(=O)N1CCC(CN)C1.N#Cc1ccccc1N1CCC(CN)C1.N#Cc1ccccc1N1CCC(CN2C(=O)c3ccccc3C2=O)C1.N#Cc1ccccc1N1CCC(CNC(=O)[C@H](O)[C@@H](O)C(=O)N2Cc3ccccc3C2)C1.O=C1c2ccccc2C(=O)N1CC1CCNC1.[C-]#[N+]c1ccccc1N1CCC(CNC(=O)[C@H](OC(C)=O)[C@@H](OC(C)=O)C(=O)N2Cc3ccccc3C2)C1. The van der Waals surface area contributed by atoms with Crippen LogP contribution in [0, 0.1) is 76.1 Å². The van der Waals surface area contributed by atoms with Gasteiger partial charge < -0.3 is 86.1 Å². The van der Waals surface area contributed by atoms with Gasteiger partial charge in [0.25, 0.3) is 47.3 Å². The number of carbonyl (C=O) groups is 11. The summed E-state index contributed by atoms with van der Waals surface area (Å²) in [7, 11) is 0. The number of para-hydroxylation sites is 5. The number of hydrogen-bond donors (Lipinski definition) is 7. The molecule has 141 heavy (non-hydrogen) atoms. The number of nitrogens with one attached hydrogen (secondary N) is 3. The third-order valence-electron chi connectivity index (χ3n) is 26.6. The van der Waals surface area contributed by atoms with E-state index in [4.69, 9.17) is 37.5 Å². The number of likely N-dealkylation sites (tertiary alicyclic amines) is 1. The topological polar surface area (TPSA) is 449 Å². The number of amides is 9. The maximum absolute atomic E-state index is 13.4. The van der Waals surface area contributed by atoms with E-state index >= 15 is 0 Å². The molecule has 10 atom stereocenters. The van der Waals surface area contributed by atoms with E-state index in [0.717, 1.165) is 175 Å². The van der Waals surface area contributed by atoms with Gasteiger partial charge in [0.2, 0.25) is 17.9 Å². The molecule has 0 radical (unpaired) electrons. The molecule has 6 fully saturated rings. The van der Waals surface area contributed by atoms with Crippen molar-refractivity contribution in [3.05, 3.63) is 267 Å². The summed E-state index contributed by atoms with van der Waals surface area (Å²) in [6, 6.07) is 65.9. The third kappa shape index (κ3) is 26.4. The summed E-state index contributed by atoms with van der Waals surface area (Å²) >= 11 is 0. The number of aliphatic hydroxyl groups is 2. The van der Waals surface area contributed by atoms with Crippen molar-refractivity contribution >= 4 is 93.7 Å². The van der Waals surface area contributed by atoms with Crippen molar-refractivity contribution in [1.82, 2.24) is 40.4 Å². The van der Waals surface area contributed by atoms with Crippen molar-refractivity contribution in [2.24, 2.45) is 47.0 Å². The lowest BCUT2D eigenvalue weighted by molar-refractivity contribution is -0.178. The molecule has 0 aliphatic carbocycles. The number of nitrogens with zero attached hydrogens (tertiary/aromatic N) is 13. The van der Waals surface area contributed by atoms with E-state index < -0.39 is 65.6 Å². The molecule has 6 saturated heterocycles. The van der Waals surface area contributed by atoms with Gasteiger partial charge in [-0.25, -0.2) is 9.64 Å². The Kier molecular flexibility index (Phi) is 35.7. The molecule has 10 aliphatic heterocycles. The van der Waals surface area contributed by atoms with E-state index in [1.807, 2.05) is 154 Å². The minimum absolute atomic E-state index is 0.0756. The molecule has 736 valence electrons. The number of fused-ring (bicyclic) bond motifs is 4. The Labute approximate surface area is 821 Å². The summed E-state index contributed by atoms with van der Waals surface area (Å²) in [5.74, 6) is -3.11. The Bertz CT molecular complexity index is 5930. The highest BCUT2D eigenvalue weighted by Gasteiger charge is 2.45. The van der Waals surface area contributed by atoms with E-state index in [9.17, 15) is 73.5 Å². The van der Waals surface area contributed by atoms with Gasteiger partial charge in [-0.15, -0.1) is 0 Å². The van der Waals surface area contributed by atoms with Crippen LogP contribution in [0.5, 0.6) is 0 Å². The molecule has 0 saturated carbocycles. The lowest BCUT2D eigenvalue weighted by Gasteiger charge is -2.28. The molecule has 34 heteroatoms. The zero-order valence-corrected chi connectivity index (χ0v) is 80.1. The lowest BCUT2D eigenvalue weighted by atomic mass is 10.1. The number of aliphatic hydroxyl groups excluding tert-OH is 2. The normalized spacial score (nSPS) is 19.7. The fourth-order valence-corrected chi connectivity index (χ4v) is 19.1. The van der Waals surface area contributed by atoms with Crippen molar-refractivity contribution in [3.63, 3.8) is 0 Å². The van der Waals surface area contributed by atoms with Crippen molar-refractivity contribution in [2.75, 3.05) is 137 Å². The average Bonchev–Trinajstić information content (AvgIpc) is 1.59. The van der Waals surface area contributed by atoms with Crippen LogP contribution < -0.4 is 47.0 Å². The summed E-state index contributed by atoms with van der Waals surface area (Å²) in [6.07, 6.45) is -1.44. The number of nitrogens with two attached hydrogens (primary N) is 2. The maximum atomic E-state index is 13.4. The van der Waals surface area contributed by atoms with Gasteiger partial charge in [0, 0.05) is 137 Å². The largest absolute Gasteiger partial charge is 0.448 e. The number of nitriles is 3. The molecule has 18 rings (SSSR count). The van der Waals surface area contributed by atoms with E-state index in [1.54, 1.807) is 65.6 Å². The van der Waals surface area contributed by atoms with E-state index in [0.29, 0.717) is 122 Å². The fourth-order valence-electron chi connectivity index (χ4n) is 19.1. The van der Waals surface area contributed by atoms with E-state index in [-0.39, 0.29) is 54.0 Å². The maximum Gasteiger partial charge on any atom is 0.410 e. The van der Waals surface area contributed by atoms with Crippen molar-refractivity contribution < 1.29 is 77.2 Å². The summed E-state index contributed by atoms with van der Waals surface area (Å²) < 4.78 is 15.8. The molecular formula is C107H122N18O16. The van der Waals surface area contributed by atoms with Gasteiger partial charge in [-0.05, 0) is 210 Å². The second-order valence-corrected chi connectivity index (χ2v) is 37.7. The predicted octanol–water partition coefficient (Wildman–Crippen LogP) is 9.47. The summed E-state index contributed by atoms with van der Waals surface area (Å²) in [5, 5.41) is 56.8. The molecule has 8 aromatic rings. The van der Waals surface area contributed by atoms with Crippen molar-refractivity contribution in [1.29, 1.82) is 15.8 Å².